The largest absolute Gasteiger partial charge is 0.397 e. The highest BCUT2D eigenvalue weighted by atomic mass is 35.5. The molecule has 0 bridgehead atoms. The van der Waals surface area contributed by atoms with Crippen molar-refractivity contribution < 1.29 is 0 Å². The highest BCUT2D eigenvalue weighted by Gasteiger charge is 2.21. The standard InChI is InChI=1S/C14H18ClN3/c1-9(2)18-7-6-10(8-18)13(16)11-4-3-5-12(15)14(11)17/h3-6,9,16H,7-8,17H2,1-2H3. The van der Waals surface area contributed by atoms with Gasteiger partial charge in [-0.25, -0.2) is 0 Å². The van der Waals surface area contributed by atoms with Gasteiger partial charge >= 0.3 is 0 Å². The maximum absolute atomic E-state index is 8.26. The van der Waals surface area contributed by atoms with Gasteiger partial charge < -0.3 is 5.73 Å². The molecule has 2 rings (SSSR count). The van der Waals surface area contributed by atoms with Crippen LogP contribution in [0.4, 0.5) is 5.69 Å². The summed E-state index contributed by atoms with van der Waals surface area (Å²) >= 11 is 5.99. The van der Waals surface area contributed by atoms with Crippen LogP contribution < -0.4 is 5.73 Å². The molecule has 0 spiro atoms. The van der Waals surface area contributed by atoms with Gasteiger partial charge in [0.2, 0.25) is 0 Å². The van der Waals surface area contributed by atoms with Crippen molar-refractivity contribution >= 4 is 23.0 Å². The molecule has 0 saturated carbocycles. The van der Waals surface area contributed by atoms with E-state index < -0.39 is 0 Å². The van der Waals surface area contributed by atoms with Crippen LogP contribution in [-0.2, 0) is 0 Å². The van der Waals surface area contributed by atoms with Crippen molar-refractivity contribution in [2.75, 3.05) is 18.8 Å². The highest BCUT2D eigenvalue weighted by Crippen LogP contribution is 2.26. The minimum atomic E-state index is 0.484. The summed E-state index contributed by atoms with van der Waals surface area (Å²) in [5, 5.41) is 8.77. The van der Waals surface area contributed by atoms with Gasteiger partial charge in [-0.15, -0.1) is 0 Å². The van der Waals surface area contributed by atoms with Crippen LogP contribution in [0.1, 0.15) is 19.4 Å². The number of halogens is 1. The summed E-state index contributed by atoms with van der Waals surface area (Å²) in [6, 6.07) is 5.92. The van der Waals surface area contributed by atoms with Crippen LogP contribution in [0.25, 0.3) is 0 Å². The Balaban J connectivity index is 2.21. The third-order valence-corrected chi connectivity index (χ3v) is 3.65. The predicted octanol–water partition coefficient (Wildman–Crippen LogP) is 2.94. The van der Waals surface area contributed by atoms with Gasteiger partial charge in [-0.05, 0) is 25.5 Å². The molecular formula is C14H18ClN3. The van der Waals surface area contributed by atoms with Crippen LogP contribution in [-0.4, -0.2) is 29.7 Å². The first-order valence-corrected chi connectivity index (χ1v) is 6.45. The molecule has 0 aromatic heterocycles. The van der Waals surface area contributed by atoms with E-state index in [0.717, 1.165) is 24.2 Å². The summed E-state index contributed by atoms with van der Waals surface area (Å²) in [6.45, 7) is 6.03. The zero-order chi connectivity index (χ0) is 13.3. The smallest absolute Gasteiger partial charge is 0.0675 e. The minimum absolute atomic E-state index is 0.484. The Morgan fingerprint density at radius 1 is 1.44 bits per heavy atom. The first-order chi connectivity index (χ1) is 8.50. The zero-order valence-electron chi connectivity index (χ0n) is 10.7. The monoisotopic (exact) mass is 263 g/mol. The summed E-state index contributed by atoms with van der Waals surface area (Å²) in [5.74, 6) is 0. The van der Waals surface area contributed by atoms with Crippen molar-refractivity contribution in [1.29, 1.82) is 5.41 Å². The molecule has 3 N–H and O–H groups in total. The molecule has 0 amide bonds. The van der Waals surface area contributed by atoms with E-state index in [0.29, 0.717) is 22.5 Å². The third kappa shape index (κ3) is 2.42. The Hall–Kier alpha value is -1.32. The second kappa shape index (κ2) is 5.12. The number of para-hydroxylation sites is 1. The highest BCUT2D eigenvalue weighted by molar-refractivity contribution is 6.34. The molecule has 0 unspecified atom stereocenters. The quantitative estimate of drug-likeness (QED) is 0.651. The zero-order valence-corrected chi connectivity index (χ0v) is 11.5. The second-order valence-electron chi connectivity index (χ2n) is 4.83. The fraction of sp³-hybridized carbons (Fsp3) is 0.357. The number of nitrogen functional groups attached to an aromatic ring is 1. The lowest BCUT2D eigenvalue weighted by Crippen LogP contribution is -2.29. The van der Waals surface area contributed by atoms with Crippen molar-refractivity contribution in [3.63, 3.8) is 0 Å². The topological polar surface area (TPSA) is 53.1 Å². The number of hydrogen-bond donors (Lipinski definition) is 2. The fourth-order valence-electron chi connectivity index (χ4n) is 2.08. The lowest BCUT2D eigenvalue weighted by Gasteiger charge is -2.20. The molecule has 0 aliphatic carbocycles. The van der Waals surface area contributed by atoms with Crippen LogP contribution in [0.15, 0.2) is 29.8 Å². The Morgan fingerprint density at radius 3 is 2.78 bits per heavy atom. The van der Waals surface area contributed by atoms with Gasteiger partial charge in [0.1, 0.15) is 0 Å². The molecule has 1 aliphatic rings. The van der Waals surface area contributed by atoms with Crippen LogP contribution >= 0.6 is 11.6 Å². The van der Waals surface area contributed by atoms with Gasteiger partial charge in [0, 0.05) is 24.7 Å². The summed E-state index contributed by atoms with van der Waals surface area (Å²) in [7, 11) is 0. The van der Waals surface area contributed by atoms with Crippen molar-refractivity contribution in [1.82, 2.24) is 4.90 Å². The van der Waals surface area contributed by atoms with Crippen molar-refractivity contribution in [3.8, 4) is 0 Å². The Morgan fingerprint density at radius 2 is 2.17 bits per heavy atom. The number of nitrogens with one attached hydrogen (secondary N) is 1. The van der Waals surface area contributed by atoms with Gasteiger partial charge in [-0.3, -0.25) is 10.3 Å². The van der Waals surface area contributed by atoms with Gasteiger partial charge in [0.05, 0.1) is 16.4 Å². The number of rotatable bonds is 3. The summed E-state index contributed by atoms with van der Waals surface area (Å²) in [4.78, 5) is 2.31. The maximum Gasteiger partial charge on any atom is 0.0675 e. The predicted molar refractivity (Wildman–Crippen MR) is 77.5 cm³/mol. The van der Waals surface area contributed by atoms with E-state index >= 15 is 0 Å². The van der Waals surface area contributed by atoms with Gasteiger partial charge in [-0.2, -0.15) is 0 Å². The van der Waals surface area contributed by atoms with Gasteiger partial charge in [-0.1, -0.05) is 29.8 Å². The average molecular weight is 264 g/mol. The fourth-order valence-corrected chi connectivity index (χ4v) is 2.25. The number of nitrogens with zero attached hydrogens (tertiary/aromatic N) is 1. The van der Waals surface area contributed by atoms with Crippen molar-refractivity contribution in [2.45, 2.75) is 19.9 Å². The van der Waals surface area contributed by atoms with E-state index in [1.807, 2.05) is 12.1 Å². The number of anilines is 1. The Bertz CT molecular complexity index is 506. The first-order valence-electron chi connectivity index (χ1n) is 6.07. The van der Waals surface area contributed by atoms with Crippen LogP contribution in [0.5, 0.6) is 0 Å². The van der Waals surface area contributed by atoms with Gasteiger partial charge in [0.15, 0.2) is 0 Å². The minimum Gasteiger partial charge on any atom is -0.397 e. The summed E-state index contributed by atoms with van der Waals surface area (Å²) in [5.41, 5.74) is 8.66. The number of nitrogens with two attached hydrogens (primary N) is 1. The molecule has 1 aromatic carbocycles. The third-order valence-electron chi connectivity index (χ3n) is 3.32. The summed E-state index contributed by atoms with van der Waals surface area (Å²) < 4.78 is 0. The van der Waals surface area contributed by atoms with E-state index in [-0.39, 0.29) is 0 Å². The molecule has 1 aliphatic heterocycles. The Labute approximate surface area is 113 Å². The van der Waals surface area contributed by atoms with E-state index in [1.54, 1.807) is 6.07 Å². The van der Waals surface area contributed by atoms with Gasteiger partial charge in [0.25, 0.3) is 0 Å². The van der Waals surface area contributed by atoms with Crippen molar-refractivity contribution in [2.24, 2.45) is 0 Å². The van der Waals surface area contributed by atoms with Crippen molar-refractivity contribution in [3.05, 3.63) is 40.4 Å². The lowest BCUT2D eigenvalue weighted by atomic mass is 10.0. The number of benzene rings is 1. The molecular weight excluding hydrogens is 246 g/mol. The normalized spacial score (nSPS) is 16.1. The summed E-state index contributed by atoms with van der Waals surface area (Å²) in [6.07, 6.45) is 2.10. The molecule has 0 fully saturated rings. The van der Waals surface area contributed by atoms with E-state index in [4.69, 9.17) is 22.7 Å². The lowest BCUT2D eigenvalue weighted by molar-refractivity contribution is 0.286. The molecule has 0 atom stereocenters. The molecule has 0 radical (unpaired) electrons. The van der Waals surface area contributed by atoms with E-state index in [2.05, 4.69) is 24.8 Å². The molecule has 96 valence electrons. The molecule has 4 heteroatoms. The molecule has 18 heavy (non-hydrogen) atoms. The first kappa shape index (κ1) is 13.1. The second-order valence-corrected chi connectivity index (χ2v) is 5.24. The van der Waals surface area contributed by atoms with E-state index in [1.165, 1.54) is 0 Å². The van der Waals surface area contributed by atoms with Crippen LogP contribution in [0, 0.1) is 5.41 Å². The average Bonchev–Trinajstić information content (AvgIpc) is 2.81. The van der Waals surface area contributed by atoms with Crippen LogP contribution in [0.2, 0.25) is 5.02 Å². The molecule has 1 heterocycles. The molecule has 0 saturated heterocycles. The maximum atomic E-state index is 8.26. The van der Waals surface area contributed by atoms with Crippen LogP contribution in [0.3, 0.4) is 0 Å². The van der Waals surface area contributed by atoms with E-state index in [9.17, 15) is 0 Å². The molecule has 3 nitrogen and oxygen atoms in total. The Kier molecular flexibility index (Phi) is 3.73. The number of hydrogen-bond acceptors (Lipinski definition) is 3. The molecule has 1 aromatic rings. The SMILES string of the molecule is CC(C)N1CC=C(C(=N)c2cccc(Cl)c2N)C1.